The Balaban J connectivity index is 1.80. The van der Waals surface area contributed by atoms with E-state index in [1.165, 1.54) is 16.6 Å². The lowest BCUT2D eigenvalue weighted by Gasteiger charge is -2.27. The molecule has 2 aromatic rings. The first kappa shape index (κ1) is 18.2. The Bertz CT molecular complexity index is 945. The third kappa shape index (κ3) is 4.15. The van der Waals surface area contributed by atoms with Crippen molar-refractivity contribution >= 4 is 44.8 Å². The molecule has 0 saturated carbocycles. The zero-order valence-electron chi connectivity index (χ0n) is 13.4. The quantitative estimate of drug-likeness (QED) is 0.858. The highest BCUT2D eigenvalue weighted by Crippen LogP contribution is 2.26. The Morgan fingerprint density at radius 1 is 1.08 bits per heavy atom. The second kappa shape index (κ2) is 6.96. The van der Waals surface area contributed by atoms with E-state index in [4.69, 9.17) is 23.2 Å². The lowest BCUT2D eigenvalue weighted by Crippen LogP contribution is -2.35. The summed E-state index contributed by atoms with van der Waals surface area (Å²) in [5.41, 5.74) is 2.98. The summed E-state index contributed by atoms with van der Waals surface area (Å²) >= 11 is 11.8. The molecule has 25 heavy (non-hydrogen) atoms. The molecule has 0 aliphatic carbocycles. The average Bonchev–Trinajstić information content (AvgIpc) is 2.55. The molecular weight excluding hydrogens is 383 g/mol. The fourth-order valence-corrected chi connectivity index (χ4v) is 3.83. The standard InChI is InChI=1S/C17H16Cl2N2O3S/c1-25(23,24)21-7-6-11-2-4-14(8-13(11)10-21)20-17(22)12-3-5-15(18)16(19)9-12/h2-5,8-9H,6-7,10H2,1H3,(H,20,22). The third-order valence-electron chi connectivity index (χ3n) is 4.09. The SMILES string of the molecule is CS(=O)(=O)N1CCc2ccc(NC(=O)c3ccc(Cl)c(Cl)c3)cc2C1. The lowest BCUT2D eigenvalue weighted by atomic mass is 10.0. The molecule has 0 spiro atoms. The Kier molecular flexibility index (Phi) is 5.06. The van der Waals surface area contributed by atoms with Gasteiger partial charge in [0.1, 0.15) is 0 Å². The zero-order valence-corrected chi connectivity index (χ0v) is 15.7. The summed E-state index contributed by atoms with van der Waals surface area (Å²) in [6.45, 7) is 0.783. The van der Waals surface area contributed by atoms with Crippen LogP contribution in [0.25, 0.3) is 0 Å². The molecule has 1 aliphatic heterocycles. The largest absolute Gasteiger partial charge is 0.322 e. The van der Waals surface area contributed by atoms with E-state index in [2.05, 4.69) is 5.32 Å². The number of rotatable bonds is 3. The fourth-order valence-electron chi connectivity index (χ4n) is 2.73. The molecule has 8 heteroatoms. The Hall–Kier alpha value is -1.60. The molecule has 1 amide bonds. The Morgan fingerprint density at radius 3 is 2.52 bits per heavy atom. The number of sulfonamides is 1. The number of halogens is 2. The average molecular weight is 399 g/mol. The highest BCUT2D eigenvalue weighted by molar-refractivity contribution is 7.88. The number of hydrogen-bond donors (Lipinski definition) is 1. The van der Waals surface area contributed by atoms with Gasteiger partial charge in [0.15, 0.2) is 0 Å². The number of nitrogens with one attached hydrogen (secondary N) is 1. The van der Waals surface area contributed by atoms with Crippen LogP contribution in [0.15, 0.2) is 36.4 Å². The molecule has 0 fully saturated rings. The van der Waals surface area contributed by atoms with E-state index < -0.39 is 10.0 Å². The molecule has 0 unspecified atom stereocenters. The number of carbonyl (C=O) groups is 1. The summed E-state index contributed by atoms with van der Waals surface area (Å²) in [5, 5.41) is 3.49. The maximum atomic E-state index is 12.4. The third-order valence-corrected chi connectivity index (χ3v) is 6.08. The Labute approximate surface area is 156 Å². The van der Waals surface area contributed by atoms with Gasteiger partial charge in [-0.25, -0.2) is 8.42 Å². The molecule has 0 saturated heterocycles. The normalized spacial score (nSPS) is 14.8. The van der Waals surface area contributed by atoms with Gasteiger partial charge in [0, 0.05) is 24.3 Å². The van der Waals surface area contributed by atoms with Gasteiger partial charge in [-0.15, -0.1) is 0 Å². The summed E-state index contributed by atoms with van der Waals surface area (Å²) in [4.78, 5) is 12.4. The van der Waals surface area contributed by atoms with Crippen LogP contribution in [0.1, 0.15) is 21.5 Å². The van der Waals surface area contributed by atoms with Gasteiger partial charge in [0.2, 0.25) is 10.0 Å². The van der Waals surface area contributed by atoms with Crippen LogP contribution in [-0.4, -0.2) is 31.4 Å². The van der Waals surface area contributed by atoms with E-state index in [1.54, 1.807) is 12.1 Å². The zero-order chi connectivity index (χ0) is 18.2. The molecule has 132 valence electrons. The highest BCUT2D eigenvalue weighted by Gasteiger charge is 2.23. The fraction of sp³-hybridized carbons (Fsp3) is 0.235. The number of hydrogen-bond acceptors (Lipinski definition) is 3. The smallest absolute Gasteiger partial charge is 0.255 e. The summed E-state index contributed by atoms with van der Waals surface area (Å²) in [6.07, 6.45) is 1.86. The van der Waals surface area contributed by atoms with Crippen LogP contribution < -0.4 is 5.32 Å². The number of anilines is 1. The molecular formula is C17H16Cl2N2O3S. The van der Waals surface area contributed by atoms with Crippen molar-refractivity contribution in [3.63, 3.8) is 0 Å². The van der Waals surface area contributed by atoms with Crippen LogP contribution in [0.3, 0.4) is 0 Å². The molecule has 0 bridgehead atoms. The van der Waals surface area contributed by atoms with E-state index >= 15 is 0 Å². The number of benzene rings is 2. The summed E-state index contributed by atoms with van der Waals surface area (Å²) in [5.74, 6) is -0.311. The minimum Gasteiger partial charge on any atom is -0.322 e. The minimum atomic E-state index is -3.24. The van der Waals surface area contributed by atoms with E-state index in [0.717, 1.165) is 11.1 Å². The van der Waals surface area contributed by atoms with Crippen LogP contribution in [0, 0.1) is 0 Å². The van der Waals surface area contributed by atoms with Gasteiger partial charge in [-0.2, -0.15) is 4.31 Å². The van der Waals surface area contributed by atoms with Crippen LogP contribution in [0.4, 0.5) is 5.69 Å². The van der Waals surface area contributed by atoms with Crippen molar-refractivity contribution in [3.05, 3.63) is 63.1 Å². The van der Waals surface area contributed by atoms with E-state index in [1.807, 2.05) is 18.2 Å². The Morgan fingerprint density at radius 2 is 1.84 bits per heavy atom. The molecule has 2 aromatic carbocycles. The molecule has 1 heterocycles. The maximum Gasteiger partial charge on any atom is 0.255 e. The molecule has 1 N–H and O–H groups in total. The number of carbonyl (C=O) groups excluding carboxylic acids is 1. The van der Waals surface area contributed by atoms with Crippen molar-refractivity contribution in [3.8, 4) is 0 Å². The predicted molar refractivity (Wildman–Crippen MR) is 99.8 cm³/mol. The van der Waals surface area contributed by atoms with Gasteiger partial charge in [-0.3, -0.25) is 4.79 Å². The number of nitrogens with zero attached hydrogens (tertiary/aromatic N) is 1. The van der Waals surface area contributed by atoms with Gasteiger partial charge < -0.3 is 5.32 Å². The van der Waals surface area contributed by atoms with Crippen molar-refractivity contribution in [1.82, 2.24) is 4.31 Å². The topological polar surface area (TPSA) is 66.5 Å². The van der Waals surface area contributed by atoms with Gasteiger partial charge in [0.25, 0.3) is 5.91 Å². The monoisotopic (exact) mass is 398 g/mol. The highest BCUT2D eigenvalue weighted by atomic mass is 35.5. The number of amides is 1. The van der Waals surface area contributed by atoms with E-state index in [9.17, 15) is 13.2 Å². The molecule has 1 aliphatic rings. The first-order chi connectivity index (χ1) is 11.7. The lowest BCUT2D eigenvalue weighted by molar-refractivity contribution is 0.102. The summed E-state index contributed by atoms with van der Waals surface area (Å²) in [7, 11) is -3.24. The van der Waals surface area contributed by atoms with Crippen LogP contribution in [0.2, 0.25) is 10.0 Å². The maximum absolute atomic E-state index is 12.4. The van der Waals surface area contributed by atoms with Crippen molar-refractivity contribution in [2.45, 2.75) is 13.0 Å². The van der Waals surface area contributed by atoms with Crippen molar-refractivity contribution < 1.29 is 13.2 Å². The first-order valence-corrected chi connectivity index (χ1v) is 10.2. The van der Waals surface area contributed by atoms with E-state index in [0.29, 0.717) is 40.8 Å². The molecule has 3 rings (SSSR count). The van der Waals surface area contributed by atoms with Crippen molar-refractivity contribution in [2.75, 3.05) is 18.1 Å². The van der Waals surface area contributed by atoms with Crippen LogP contribution in [0.5, 0.6) is 0 Å². The van der Waals surface area contributed by atoms with Crippen LogP contribution >= 0.6 is 23.2 Å². The van der Waals surface area contributed by atoms with Gasteiger partial charge >= 0.3 is 0 Å². The van der Waals surface area contributed by atoms with Gasteiger partial charge in [0.05, 0.1) is 16.3 Å². The molecule has 0 radical (unpaired) electrons. The predicted octanol–water partition coefficient (Wildman–Crippen LogP) is 3.56. The molecule has 0 atom stereocenters. The second-order valence-electron chi connectivity index (χ2n) is 5.91. The van der Waals surface area contributed by atoms with E-state index in [-0.39, 0.29) is 5.91 Å². The van der Waals surface area contributed by atoms with Crippen LogP contribution in [-0.2, 0) is 23.0 Å². The number of fused-ring (bicyclic) bond motifs is 1. The second-order valence-corrected chi connectivity index (χ2v) is 8.71. The molecule has 5 nitrogen and oxygen atoms in total. The van der Waals surface area contributed by atoms with Gasteiger partial charge in [-0.05, 0) is 47.9 Å². The van der Waals surface area contributed by atoms with Gasteiger partial charge in [-0.1, -0.05) is 29.3 Å². The minimum absolute atomic E-state index is 0.309. The van der Waals surface area contributed by atoms with Crippen molar-refractivity contribution in [2.24, 2.45) is 0 Å². The first-order valence-electron chi connectivity index (χ1n) is 7.57. The molecule has 0 aromatic heterocycles. The summed E-state index contributed by atoms with van der Waals surface area (Å²) in [6, 6.07) is 10.2. The summed E-state index contributed by atoms with van der Waals surface area (Å²) < 4.78 is 24.9. The van der Waals surface area contributed by atoms with Crippen molar-refractivity contribution in [1.29, 1.82) is 0 Å².